The Morgan fingerprint density at radius 1 is 1.06 bits per heavy atom. The van der Waals surface area contributed by atoms with Gasteiger partial charge in [0.15, 0.2) is 0 Å². The molecule has 2 amide bonds. The minimum absolute atomic E-state index is 0.206. The number of nitrogens with one attached hydrogen (secondary N) is 2. The number of thiazole rings is 1. The van der Waals surface area contributed by atoms with Crippen molar-refractivity contribution in [2.75, 3.05) is 0 Å². The predicted molar refractivity (Wildman–Crippen MR) is 135 cm³/mol. The second-order valence-electron chi connectivity index (χ2n) is 9.73. The number of halogens is 1. The Bertz CT molecular complexity index is 1120. The molecule has 2 aromatic carbocycles. The summed E-state index contributed by atoms with van der Waals surface area (Å²) in [4.78, 5) is 30.8. The van der Waals surface area contributed by atoms with Crippen LogP contribution in [0.1, 0.15) is 54.9 Å². The molecule has 0 aliphatic rings. The Morgan fingerprint density at radius 2 is 1.71 bits per heavy atom. The van der Waals surface area contributed by atoms with E-state index < -0.39 is 11.6 Å². The molecular weight excluding hydrogens is 449 g/mol. The minimum Gasteiger partial charge on any atom is -0.349 e. The zero-order valence-electron chi connectivity index (χ0n) is 20.3. The molecule has 2 N–H and O–H groups in total. The van der Waals surface area contributed by atoms with E-state index in [2.05, 4.69) is 39.9 Å². The number of carbonyl (C=O) groups is 2. The van der Waals surface area contributed by atoms with Crippen molar-refractivity contribution in [2.24, 2.45) is 5.92 Å². The van der Waals surface area contributed by atoms with Crippen molar-refractivity contribution in [3.63, 3.8) is 0 Å². The molecule has 3 rings (SSSR count). The van der Waals surface area contributed by atoms with E-state index >= 15 is 0 Å². The first-order valence-corrected chi connectivity index (χ1v) is 12.2. The van der Waals surface area contributed by atoms with Crippen molar-refractivity contribution in [3.05, 3.63) is 76.5 Å². The molecule has 0 saturated heterocycles. The number of nitrogens with zero attached hydrogens (tertiary/aromatic N) is 1. The molecule has 0 saturated carbocycles. The molecule has 0 fully saturated rings. The van der Waals surface area contributed by atoms with E-state index in [0.717, 1.165) is 11.1 Å². The number of aryl methyl sites for hydroxylation is 1. The lowest BCUT2D eigenvalue weighted by Gasteiger charge is -2.30. The molecule has 0 radical (unpaired) electrons. The molecule has 1 aromatic heterocycles. The summed E-state index contributed by atoms with van der Waals surface area (Å²) >= 11 is 1.21. The third kappa shape index (κ3) is 7.22. The molecule has 1 heterocycles. The van der Waals surface area contributed by atoms with E-state index in [1.807, 2.05) is 34.6 Å². The monoisotopic (exact) mass is 481 g/mol. The van der Waals surface area contributed by atoms with Gasteiger partial charge in [0.25, 0.3) is 5.91 Å². The molecule has 3 aromatic rings. The van der Waals surface area contributed by atoms with E-state index in [1.165, 1.54) is 35.2 Å². The molecule has 180 valence electrons. The number of carbonyl (C=O) groups excluding carboxylic acids is 2. The average molecular weight is 482 g/mol. The maximum Gasteiger partial charge on any atom is 0.263 e. The summed E-state index contributed by atoms with van der Waals surface area (Å²) in [6.07, 6.45) is 2.68. The molecule has 34 heavy (non-hydrogen) atoms. The average Bonchev–Trinajstić information content (AvgIpc) is 3.25. The third-order valence-corrected chi connectivity index (χ3v) is 6.42. The fourth-order valence-corrected chi connectivity index (χ4v) is 4.54. The van der Waals surface area contributed by atoms with Crippen LogP contribution in [0, 0.1) is 18.7 Å². The summed E-state index contributed by atoms with van der Waals surface area (Å²) in [7, 11) is 0. The second-order valence-corrected chi connectivity index (χ2v) is 10.8. The van der Waals surface area contributed by atoms with Crippen molar-refractivity contribution in [1.29, 1.82) is 0 Å². The molecule has 1 atom stereocenters. The van der Waals surface area contributed by atoms with Crippen molar-refractivity contribution in [1.82, 2.24) is 15.6 Å². The zero-order chi connectivity index (χ0) is 24.9. The summed E-state index contributed by atoms with van der Waals surface area (Å²) in [6, 6.07) is 13.6. The number of benzene rings is 2. The SMILES string of the molecule is Cc1ccc(CC(C)(C)NC(=O)[C@H](CC(C)C)NC(=O)c2cnc(-c3ccc(F)cc3)s2)cc1. The highest BCUT2D eigenvalue weighted by Gasteiger charge is 2.28. The normalized spacial score (nSPS) is 12.4. The Balaban J connectivity index is 1.68. The van der Waals surface area contributed by atoms with E-state index in [0.29, 0.717) is 22.7 Å². The van der Waals surface area contributed by atoms with Gasteiger partial charge in [-0.05, 0) is 69.4 Å². The lowest BCUT2D eigenvalue weighted by atomic mass is 9.93. The van der Waals surface area contributed by atoms with Gasteiger partial charge in [0.05, 0.1) is 6.20 Å². The predicted octanol–water partition coefficient (Wildman–Crippen LogP) is 5.54. The summed E-state index contributed by atoms with van der Waals surface area (Å²) in [5, 5.41) is 6.63. The van der Waals surface area contributed by atoms with E-state index in [9.17, 15) is 14.0 Å². The topological polar surface area (TPSA) is 71.1 Å². The van der Waals surface area contributed by atoms with Crippen molar-refractivity contribution < 1.29 is 14.0 Å². The Kier molecular flexibility index (Phi) is 8.20. The minimum atomic E-state index is -0.666. The molecule has 0 bridgehead atoms. The Hall–Kier alpha value is -3.06. The Labute approximate surface area is 204 Å². The molecule has 5 nitrogen and oxygen atoms in total. The van der Waals surface area contributed by atoms with Gasteiger partial charge >= 0.3 is 0 Å². The fraction of sp³-hybridized carbons (Fsp3) is 0.370. The van der Waals surface area contributed by atoms with Gasteiger partial charge in [-0.15, -0.1) is 11.3 Å². The van der Waals surface area contributed by atoms with Gasteiger partial charge in [0.1, 0.15) is 21.7 Å². The standard InChI is InChI=1S/C27H32FN3O2S/c1-17(2)14-22(24(32)31-27(4,5)15-19-8-6-18(3)7-9-19)30-25(33)23-16-29-26(34-23)20-10-12-21(28)13-11-20/h6-13,16-17,22H,14-15H2,1-5H3,(H,30,33)(H,31,32)/t22-/m0/s1. The Morgan fingerprint density at radius 3 is 2.32 bits per heavy atom. The summed E-state index contributed by atoms with van der Waals surface area (Å²) in [5.41, 5.74) is 2.58. The van der Waals surface area contributed by atoms with Crippen LogP contribution < -0.4 is 10.6 Å². The molecule has 0 aliphatic carbocycles. The highest BCUT2D eigenvalue weighted by atomic mass is 32.1. The maximum atomic E-state index is 13.2. The van der Waals surface area contributed by atoms with Crippen LogP contribution in [0.3, 0.4) is 0 Å². The second kappa shape index (κ2) is 10.9. The van der Waals surface area contributed by atoms with Gasteiger partial charge in [-0.2, -0.15) is 0 Å². The van der Waals surface area contributed by atoms with Crippen molar-refractivity contribution in [2.45, 2.75) is 59.0 Å². The summed E-state index contributed by atoms with van der Waals surface area (Å²) in [6.45, 7) is 10.0. The van der Waals surface area contributed by atoms with Crippen LogP contribution in [0.2, 0.25) is 0 Å². The number of hydrogen-bond acceptors (Lipinski definition) is 4. The smallest absolute Gasteiger partial charge is 0.263 e. The molecule has 0 unspecified atom stereocenters. The maximum absolute atomic E-state index is 13.2. The first-order chi connectivity index (χ1) is 16.0. The first kappa shape index (κ1) is 25.6. The van der Waals surface area contributed by atoms with Crippen LogP contribution in [0.25, 0.3) is 10.6 Å². The van der Waals surface area contributed by atoms with Crippen LogP contribution in [-0.2, 0) is 11.2 Å². The van der Waals surface area contributed by atoms with Crippen LogP contribution in [0.5, 0.6) is 0 Å². The largest absolute Gasteiger partial charge is 0.349 e. The fourth-order valence-electron chi connectivity index (χ4n) is 3.72. The van der Waals surface area contributed by atoms with Crippen LogP contribution in [0.15, 0.2) is 54.7 Å². The van der Waals surface area contributed by atoms with Crippen molar-refractivity contribution >= 4 is 23.2 Å². The van der Waals surface area contributed by atoms with Gasteiger partial charge in [-0.25, -0.2) is 9.37 Å². The molecule has 0 spiro atoms. The summed E-state index contributed by atoms with van der Waals surface area (Å²) < 4.78 is 13.2. The van der Waals surface area contributed by atoms with Crippen LogP contribution in [-0.4, -0.2) is 28.4 Å². The van der Waals surface area contributed by atoms with Gasteiger partial charge in [-0.1, -0.05) is 43.7 Å². The van der Waals surface area contributed by atoms with Crippen molar-refractivity contribution in [3.8, 4) is 10.6 Å². The van der Waals surface area contributed by atoms with Gasteiger partial charge in [0, 0.05) is 11.1 Å². The molecular formula is C27H32FN3O2S. The van der Waals surface area contributed by atoms with E-state index in [1.54, 1.807) is 12.1 Å². The highest BCUT2D eigenvalue weighted by Crippen LogP contribution is 2.25. The lowest BCUT2D eigenvalue weighted by Crippen LogP contribution is -2.54. The van der Waals surface area contributed by atoms with Gasteiger partial charge in [0.2, 0.25) is 5.91 Å². The number of aromatic nitrogens is 1. The first-order valence-electron chi connectivity index (χ1n) is 11.4. The van der Waals surface area contributed by atoms with Crippen LogP contribution >= 0.6 is 11.3 Å². The van der Waals surface area contributed by atoms with Crippen LogP contribution in [0.4, 0.5) is 4.39 Å². The zero-order valence-corrected chi connectivity index (χ0v) is 21.1. The lowest BCUT2D eigenvalue weighted by molar-refractivity contribution is -0.125. The van der Waals surface area contributed by atoms with E-state index in [4.69, 9.17) is 0 Å². The summed E-state index contributed by atoms with van der Waals surface area (Å²) in [5.74, 6) is -0.663. The molecule has 7 heteroatoms. The number of amides is 2. The highest BCUT2D eigenvalue weighted by molar-refractivity contribution is 7.16. The number of hydrogen-bond donors (Lipinski definition) is 2. The quantitative estimate of drug-likeness (QED) is 0.422. The van der Waals surface area contributed by atoms with E-state index in [-0.39, 0.29) is 23.5 Å². The number of rotatable bonds is 9. The van der Waals surface area contributed by atoms with Gasteiger partial charge in [-0.3, -0.25) is 9.59 Å². The van der Waals surface area contributed by atoms with Gasteiger partial charge < -0.3 is 10.6 Å². The third-order valence-electron chi connectivity index (χ3n) is 5.38. The molecule has 0 aliphatic heterocycles.